The van der Waals surface area contributed by atoms with Crippen molar-refractivity contribution in [3.8, 4) is 0 Å². The molecule has 2 rings (SSSR count). The SMILES string of the molecule is CN1CCC(OC(=O)[C@@H](N)Cc2ccccc2)CC1. The number of rotatable bonds is 4. The van der Waals surface area contributed by atoms with Gasteiger partial charge in [-0.3, -0.25) is 4.79 Å². The molecule has 1 aliphatic heterocycles. The molecule has 0 unspecified atom stereocenters. The number of nitrogens with two attached hydrogens (primary N) is 1. The highest BCUT2D eigenvalue weighted by atomic mass is 16.5. The number of piperidine rings is 1. The van der Waals surface area contributed by atoms with Gasteiger partial charge in [-0.05, 0) is 31.9 Å². The van der Waals surface area contributed by atoms with Crippen LogP contribution in [0.15, 0.2) is 30.3 Å². The summed E-state index contributed by atoms with van der Waals surface area (Å²) in [5.41, 5.74) is 6.97. The van der Waals surface area contributed by atoms with Gasteiger partial charge in [0.05, 0.1) is 0 Å². The van der Waals surface area contributed by atoms with Crippen molar-refractivity contribution in [3.05, 3.63) is 35.9 Å². The van der Waals surface area contributed by atoms with Crippen molar-refractivity contribution in [3.63, 3.8) is 0 Å². The van der Waals surface area contributed by atoms with E-state index in [0.717, 1.165) is 31.5 Å². The van der Waals surface area contributed by atoms with Crippen LogP contribution in [0.1, 0.15) is 18.4 Å². The molecule has 0 aromatic heterocycles. The van der Waals surface area contributed by atoms with Crippen LogP contribution >= 0.6 is 0 Å². The third-order valence-corrected chi connectivity index (χ3v) is 3.55. The van der Waals surface area contributed by atoms with Crippen molar-refractivity contribution in [1.82, 2.24) is 4.90 Å². The maximum Gasteiger partial charge on any atom is 0.323 e. The first-order valence-corrected chi connectivity index (χ1v) is 6.83. The van der Waals surface area contributed by atoms with E-state index in [1.54, 1.807) is 0 Å². The van der Waals surface area contributed by atoms with E-state index in [1.165, 1.54) is 0 Å². The monoisotopic (exact) mass is 262 g/mol. The Bertz CT molecular complexity index is 400. The molecule has 0 spiro atoms. The summed E-state index contributed by atoms with van der Waals surface area (Å²) in [7, 11) is 2.08. The van der Waals surface area contributed by atoms with Crippen molar-refractivity contribution in [2.24, 2.45) is 5.73 Å². The summed E-state index contributed by atoms with van der Waals surface area (Å²) in [6.07, 6.45) is 2.37. The highest BCUT2D eigenvalue weighted by Gasteiger charge is 2.23. The zero-order valence-corrected chi connectivity index (χ0v) is 11.4. The molecule has 1 atom stereocenters. The predicted molar refractivity (Wildman–Crippen MR) is 74.7 cm³/mol. The second-order valence-corrected chi connectivity index (χ2v) is 5.24. The second kappa shape index (κ2) is 6.68. The molecule has 0 bridgehead atoms. The summed E-state index contributed by atoms with van der Waals surface area (Å²) in [6, 6.07) is 9.23. The summed E-state index contributed by atoms with van der Waals surface area (Å²) in [5.74, 6) is -0.279. The van der Waals surface area contributed by atoms with E-state index in [4.69, 9.17) is 10.5 Å². The summed E-state index contributed by atoms with van der Waals surface area (Å²) in [5, 5.41) is 0. The van der Waals surface area contributed by atoms with E-state index in [0.29, 0.717) is 6.42 Å². The van der Waals surface area contributed by atoms with Crippen LogP contribution in [0.25, 0.3) is 0 Å². The molecule has 0 radical (unpaired) electrons. The number of carbonyl (C=O) groups excluding carboxylic acids is 1. The Morgan fingerprint density at radius 3 is 2.63 bits per heavy atom. The van der Waals surface area contributed by atoms with Crippen LogP contribution in [0, 0.1) is 0 Å². The Hall–Kier alpha value is -1.39. The maximum absolute atomic E-state index is 11.9. The molecule has 1 heterocycles. The van der Waals surface area contributed by atoms with E-state index >= 15 is 0 Å². The topological polar surface area (TPSA) is 55.6 Å². The fraction of sp³-hybridized carbons (Fsp3) is 0.533. The fourth-order valence-electron chi connectivity index (χ4n) is 2.31. The minimum Gasteiger partial charge on any atom is -0.461 e. The van der Waals surface area contributed by atoms with Crippen LogP contribution < -0.4 is 5.73 Å². The first-order valence-electron chi connectivity index (χ1n) is 6.83. The van der Waals surface area contributed by atoms with Gasteiger partial charge in [0.15, 0.2) is 0 Å². The van der Waals surface area contributed by atoms with Crippen molar-refractivity contribution in [2.75, 3.05) is 20.1 Å². The zero-order chi connectivity index (χ0) is 13.7. The van der Waals surface area contributed by atoms with Gasteiger partial charge in [-0.15, -0.1) is 0 Å². The Morgan fingerprint density at radius 2 is 2.00 bits per heavy atom. The molecule has 0 aliphatic carbocycles. The number of esters is 1. The van der Waals surface area contributed by atoms with Crippen LogP contribution in [0.4, 0.5) is 0 Å². The number of ether oxygens (including phenoxy) is 1. The minimum atomic E-state index is -0.568. The van der Waals surface area contributed by atoms with Gasteiger partial charge < -0.3 is 15.4 Å². The third-order valence-electron chi connectivity index (χ3n) is 3.55. The molecular weight excluding hydrogens is 240 g/mol. The fourth-order valence-corrected chi connectivity index (χ4v) is 2.31. The van der Waals surface area contributed by atoms with Gasteiger partial charge in [0.25, 0.3) is 0 Å². The summed E-state index contributed by atoms with van der Waals surface area (Å²) < 4.78 is 5.48. The van der Waals surface area contributed by atoms with Gasteiger partial charge in [0, 0.05) is 13.1 Å². The Balaban J connectivity index is 1.79. The van der Waals surface area contributed by atoms with Crippen molar-refractivity contribution in [2.45, 2.75) is 31.4 Å². The lowest BCUT2D eigenvalue weighted by Crippen LogP contribution is -2.40. The number of hydrogen-bond acceptors (Lipinski definition) is 4. The standard InChI is InChI=1S/C15H22N2O2/c1-17-9-7-13(8-10-17)19-15(18)14(16)11-12-5-3-2-4-6-12/h2-6,13-14H,7-11,16H2,1H3/t14-/m0/s1. The molecule has 1 saturated heterocycles. The molecule has 1 fully saturated rings. The van der Waals surface area contributed by atoms with E-state index in [9.17, 15) is 4.79 Å². The molecule has 1 aromatic carbocycles. The molecule has 2 N–H and O–H groups in total. The van der Waals surface area contributed by atoms with Gasteiger partial charge in [0.1, 0.15) is 12.1 Å². The van der Waals surface area contributed by atoms with E-state index in [-0.39, 0.29) is 12.1 Å². The lowest BCUT2D eigenvalue weighted by molar-refractivity contribution is -0.152. The van der Waals surface area contributed by atoms with E-state index in [1.807, 2.05) is 30.3 Å². The highest BCUT2D eigenvalue weighted by Crippen LogP contribution is 2.13. The van der Waals surface area contributed by atoms with Crippen molar-refractivity contribution >= 4 is 5.97 Å². The zero-order valence-electron chi connectivity index (χ0n) is 11.4. The Kier molecular flexibility index (Phi) is 4.93. The van der Waals surface area contributed by atoms with Crippen LogP contribution in [0.5, 0.6) is 0 Å². The smallest absolute Gasteiger partial charge is 0.323 e. The van der Waals surface area contributed by atoms with Gasteiger partial charge >= 0.3 is 5.97 Å². The van der Waals surface area contributed by atoms with Crippen LogP contribution in [0.2, 0.25) is 0 Å². The first-order chi connectivity index (χ1) is 9.15. The van der Waals surface area contributed by atoms with E-state index < -0.39 is 6.04 Å². The predicted octanol–water partition coefficient (Wildman–Crippen LogP) is 1.19. The number of likely N-dealkylation sites (tertiary alicyclic amines) is 1. The molecule has 0 saturated carbocycles. The average Bonchev–Trinajstić information content (AvgIpc) is 2.42. The van der Waals surface area contributed by atoms with Crippen molar-refractivity contribution < 1.29 is 9.53 Å². The van der Waals surface area contributed by atoms with E-state index in [2.05, 4.69) is 11.9 Å². The summed E-state index contributed by atoms with van der Waals surface area (Å²) in [4.78, 5) is 14.2. The number of nitrogens with zero attached hydrogens (tertiary/aromatic N) is 1. The Labute approximate surface area is 114 Å². The quantitative estimate of drug-likeness (QED) is 0.828. The van der Waals surface area contributed by atoms with Gasteiger partial charge in [-0.25, -0.2) is 0 Å². The van der Waals surface area contributed by atoms with Gasteiger partial charge in [-0.1, -0.05) is 30.3 Å². The highest BCUT2D eigenvalue weighted by molar-refractivity contribution is 5.76. The second-order valence-electron chi connectivity index (χ2n) is 5.24. The van der Waals surface area contributed by atoms with Gasteiger partial charge in [0.2, 0.25) is 0 Å². The molecule has 1 aromatic rings. The summed E-state index contributed by atoms with van der Waals surface area (Å²) >= 11 is 0. The van der Waals surface area contributed by atoms with Gasteiger partial charge in [-0.2, -0.15) is 0 Å². The number of carbonyl (C=O) groups is 1. The summed E-state index contributed by atoms with van der Waals surface area (Å²) in [6.45, 7) is 1.96. The lowest BCUT2D eigenvalue weighted by Gasteiger charge is -2.29. The third kappa shape index (κ3) is 4.33. The average molecular weight is 262 g/mol. The molecule has 19 heavy (non-hydrogen) atoms. The molecule has 0 amide bonds. The van der Waals surface area contributed by atoms with Crippen LogP contribution in [-0.4, -0.2) is 43.2 Å². The Morgan fingerprint density at radius 1 is 1.37 bits per heavy atom. The largest absolute Gasteiger partial charge is 0.461 e. The number of benzene rings is 1. The first kappa shape index (κ1) is 14.0. The molecule has 4 heteroatoms. The number of hydrogen-bond donors (Lipinski definition) is 1. The molecule has 1 aliphatic rings. The molecule has 4 nitrogen and oxygen atoms in total. The van der Waals surface area contributed by atoms with Crippen molar-refractivity contribution in [1.29, 1.82) is 0 Å². The molecular formula is C15H22N2O2. The maximum atomic E-state index is 11.9. The van der Waals surface area contributed by atoms with Crippen LogP contribution in [0.3, 0.4) is 0 Å². The normalized spacial score (nSPS) is 19.1. The molecule has 104 valence electrons. The lowest BCUT2D eigenvalue weighted by atomic mass is 10.1. The minimum absolute atomic E-state index is 0.0329. The van der Waals surface area contributed by atoms with Crippen LogP contribution in [-0.2, 0) is 16.0 Å².